The summed E-state index contributed by atoms with van der Waals surface area (Å²) in [6, 6.07) is 0. The number of hydrogen-bond acceptors (Lipinski definition) is 11. The molecule has 0 aliphatic carbocycles. The number of anilines is 1. The number of carbonyl (C=O) groups is 2. The van der Waals surface area contributed by atoms with Crippen LogP contribution in [0.25, 0.3) is 0 Å². The first kappa shape index (κ1) is 22.8. The highest BCUT2D eigenvalue weighted by Crippen LogP contribution is 2.15. The fourth-order valence-electron chi connectivity index (χ4n) is 1.62. The minimum atomic E-state index is -3.61. The van der Waals surface area contributed by atoms with Gasteiger partial charge in [-0.3, -0.25) is 0 Å². The first-order chi connectivity index (χ1) is 12.4. The summed E-state index contributed by atoms with van der Waals surface area (Å²) >= 11 is 1.04. The molecule has 0 aromatic carbocycles. The number of ether oxygens (including phenoxy) is 2. The molecule has 1 heterocycles. The topological polar surface area (TPSA) is 147 Å². The molecule has 0 aliphatic heterocycles. The minimum absolute atomic E-state index is 0.0350. The lowest BCUT2D eigenvalue weighted by Crippen LogP contribution is -2.30. The van der Waals surface area contributed by atoms with Crippen molar-refractivity contribution in [3.8, 4) is 0 Å². The van der Waals surface area contributed by atoms with Crippen LogP contribution in [0.4, 0.5) is 5.13 Å². The summed E-state index contributed by atoms with van der Waals surface area (Å²) in [5, 5.41) is 5.15. The molecule has 0 saturated heterocycles. The average Bonchev–Trinajstić information content (AvgIpc) is 2.95. The van der Waals surface area contributed by atoms with Gasteiger partial charge in [-0.05, 0) is 27.7 Å². The number of esters is 2. The van der Waals surface area contributed by atoms with Gasteiger partial charge < -0.3 is 20.0 Å². The zero-order valence-corrected chi connectivity index (χ0v) is 17.3. The van der Waals surface area contributed by atoms with E-state index in [1.54, 1.807) is 20.8 Å². The second-order valence-electron chi connectivity index (χ2n) is 6.30. The second kappa shape index (κ2) is 9.13. The maximum atomic E-state index is 12.3. The maximum Gasteiger partial charge on any atom is 0.364 e. The molecule has 27 heavy (non-hydrogen) atoms. The van der Waals surface area contributed by atoms with Gasteiger partial charge in [0.1, 0.15) is 11.3 Å². The van der Waals surface area contributed by atoms with Gasteiger partial charge >= 0.3 is 11.9 Å². The third kappa shape index (κ3) is 7.51. The number of nitrogens with two attached hydrogens (primary N) is 1. The Hall–Kier alpha value is -2.21. The number of hydrogen-bond donors (Lipinski definition) is 1. The Morgan fingerprint density at radius 2 is 2.00 bits per heavy atom. The van der Waals surface area contributed by atoms with Crippen molar-refractivity contribution in [3.63, 3.8) is 0 Å². The van der Waals surface area contributed by atoms with Gasteiger partial charge in [0.25, 0.3) is 0 Å². The lowest BCUT2D eigenvalue weighted by Gasteiger charge is -2.18. The van der Waals surface area contributed by atoms with E-state index in [1.165, 1.54) is 19.2 Å². The van der Waals surface area contributed by atoms with Crippen molar-refractivity contribution in [2.24, 2.45) is 5.16 Å². The van der Waals surface area contributed by atoms with Crippen LogP contribution in [-0.2, 0) is 33.7 Å². The van der Waals surface area contributed by atoms with Crippen LogP contribution in [0, 0.1) is 0 Å². The zero-order chi connectivity index (χ0) is 20.8. The summed E-state index contributed by atoms with van der Waals surface area (Å²) in [6.07, 6.45) is 0. The molecule has 0 aliphatic rings. The van der Waals surface area contributed by atoms with Crippen LogP contribution in [0.1, 0.15) is 40.3 Å². The number of rotatable bonds is 8. The Labute approximate surface area is 161 Å². The van der Waals surface area contributed by atoms with Crippen molar-refractivity contribution < 1.29 is 32.3 Å². The quantitative estimate of drug-likeness (QED) is 0.370. The van der Waals surface area contributed by atoms with Gasteiger partial charge in [-0.2, -0.15) is 0 Å². The SMILES string of the molecule is CCS(=O)(=O)C(C)OC(=O)C(=NOCC(=O)OC(C)(C)C)c1csc(N)n1. The zero-order valence-electron chi connectivity index (χ0n) is 15.7. The van der Waals surface area contributed by atoms with Gasteiger partial charge in [0.2, 0.25) is 12.3 Å². The monoisotopic (exact) mass is 421 g/mol. The summed E-state index contributed by atoms with van der Waals surface area (Å²) < 4.78 is 33.6. The van der Waals surface area contributed by atoms with Gasteiger partial charge in [0, 0.05) is 5.38 Å². The molecule has 10 nitrogen and oxygen atoms in total. The van der Waals surface area contributed by atoms with E-state index in [0.717, 1.165) is 11.3 Å². The molecule has 1 aromatic heterocycles. The largest absolute Gasteiger partial charge is 0.457 e. The predicted molar refractivity (Wildman–Crippen MR) is 99.9 cm³/mol. The van der Waals surface area contributed by atoms with Crippen molar-refractivity contribution >= 4 is 44.0 Å². The number of nitrogen functional groups attached to an aromatic ring is 1. The van der Waals surface area contributed by atoms with Gasteiger partial charge in [-0.1, -0.05) is 12.1 Å². The van der Waals surface area contributed by atoms with Crippen LogP contribution < -0.4 is 5.73 Å². The molecule has 0 fully saturated rings. The molecule has 0 amide bonds. The highest BCUT2D eigenvalue weighted by atomic mass is 32.2. The summed E-state index contributed by atoms with van der Waals surface area (Å²) in [5.41, 5.74) is 3.07. The van der Waals surface area contributed by atoms with E-state index in [4.69, 9.17) is 20.0 Å². The Balaban J connectivity index is 2.94. The van der Waals surface area contributed by atoms with Crippen LogP contribution in [-0.4, -0.2) is 54.4 Å². The summed E-state index contributed by atoms with van der Waals surface area (Å²) in [4.78, 5) is 32.8. The summed E-state index contributed by atoms with van der Waals surface area (Å²) in [5.74, 6) is -1.97. The molecule has 12 heteroatoms. The molecule has 1 aromatic rings. The highest BCUT2D eigenvalue weighted by molar-refractivity contribution is 7.91. The van der Waals surface area contributed by atoms with E-state index in [2.05, 4.69) is 10.1 Å². The predicted octanol–water partition coefficient (Wildman–Crippen LogP) is 1.11. The van der Waals surface area contributed by atoms with Gasteiger partial charge in [0.05, 0.1) is 5.75 Å². The number of sulfone groups is 1. The van der Waals surface area contributed by atoms with Crippen LogP contribution >= 0.6 is 11.3 Å². The molecule has 2 N–H and O–H groups in total. The number of aromatic nitrogens is 1. The van der Waals surface area contributed by atoms with E-state index >= 15 is 0 Å². The molecule has 0 saturated carbocycles. The normalized spacial score (nSPS) is 13.7. The Morgan fingerprint density at radius 3 is 2.48 bits per heavy atom. The van der Waals surface area contributed by atoms with Crippen molar-refractivity contribution in [2.75, 3.05) is 18.1 Å². The van der Waals surface area contributed by atoms with Crippen LogP contribution in [0.5, 0.6) is 0 Å². The second-order valence-corrected chi connectivity index (χ2v) is 9.75. The third-order valence-corrected chi connectivity index (χ3v) is 5.48. The smallest absolute Gasteiger partial charge is 0.364 e. The van der Waals surface area contributed by atoms with Crippen LogP contribution in [0.2, 0.25) is 0 Å². The molecule has 0 radical (unpaired) electrons. The van der Waals surface area contributed by atoms with E-state index < -0.39 is 45.1 Å². The maximum absolute atomic E-state index is 12.3. The molecule has 1 unspecified atom stereocenters. The van der Waals surface area contributed by atoms with Crippen molar-refractivity contribution in [1.82, 2.24) is 4.98 Å². The molecule has 1 rings (SSSR count). The summed E-state index contributed by atoms with van der Waals surface area (Å²) in [6.45, 7) is 7.15. The van der Waals surface area contributed by atoms with Crippen molar-refractivity contribution in [3.05, 3.63) is 11.1 Å². The highest BCUT2D eigenvalue weighted by Gasteiger charge is 2.28. The molecular weight excluding hydrogens is 398 g/mol. The molecule has 0 bridgehead atoms. The van der Waals surface area contributed by atoms with Gasteiger partial charge in [0.15, 0.2) is 20.4 Å². The fourth-order valence-corrected chi connectivity index (χ4v) is 2.87. The number of oxime groups is 1. The first-order valence-corrected chi connectivity index (χ1v) is 10.5. The van der Waals surface area contributed by atoms with Gasteiger partial charge in [-0.25, -0.2) is 23.0 Å². The van der Waals surface area contributed by atoms with Gasteiger partial charge in [-0.15, -0.1) is 11.3 Å². The lowest BCUT2D eigenvalue weighted by atomic mass is 10.2. The number of carbonyl (C=O) groups excluding carboxylic acids is 2. The number of thiazole rings is 1. The Bertz CT molecular complexity index is 810. The van der Waals surface area contributed by atoms with Crippen molar-refractivity contribution in [2.45, 2.75) is 45.7 Å². The first-order valence-electron chi connectivity index (χ1n) is 7.91. The third-order valence-electron chi connectivity index (χ3n) is 2.90. The molecule has 152 valence electrons. The van der Waals surface area contributed by atoms with E-state index in [0.29, 0.717) is 0 Å². The Kier molecular flexibility index (Phi) is 7.72. The molecular formula is C15H23N3O7S2. The molecule has 1 atom stereocenters. The van der Waals surface area contributed by atoms with E-state index in [-0.39, 0.29) is 16.6 Å². The lowest BCUT2D eigenvalue weighted by molar-refractivity contribution is -0.160. The fraction of sp³-hybridized carbons (Fsp3) is 0.600. The van der Waals surface area contributed by atoms with Crippen LogP contribution in [0.3, 0.4) is 0 Å². The average molecular weight is 421 g/mol. The van der Waals surface area contributed by atoms with E-state index in [9.17, 15) is 18.0 Å². The van der Waals surface area contributed by atoms with E-state index in [1.807, 2.05) is 0 Å². The summed E-state index contributed by atoms with van der Waals surface area (Å²) in [7, 11) is -3.61. The van der Waals surface area contributed by atoms with Crippen LogP contribution in [0.15, 0.2) is 10.5 Å². The Morgan fingerprint density at radius 1 is 1.37 bits per heavy atom. The number of nitrogens with zero attached hydrogens (tertiary/aromatic N) is 2. The standard InChI is InChI=1S/C15H23N3O7S2/c1-6-27(21,22)9(2)24-13(20)12(10-8-26-14(16)17-10)18-23-7-11(19)25-15(3,4)5/h8-9H,6-7H2,1-5H3,(H2,16,17). The minimum Gasteiger partial charge on any atom is -0.457 e. The van der Waals surface area contributed by atoms with Crippen molar-refractivity contribution in [1.29, 1.82) is 0 Å². The molecule has 0 spiro atoms.